The quantitative estimate of drug-likeness (QED) is 0.725. The zero-order chi connectivity index (χ0) is 19.4. The molecular weight excluding hydrogens is 408 g/mol. The third-order valence-corrected chi connectivity index (χ3v) is 5.12. The van der Waals surface area contributed by atoms with Crippen LogP contribution in [0.25, 0.3) is 0 Å². The summed E-state index contributed by atoms with van der Waals surface area (Å²) in [4.78, 5) is 23.5. The van der Waals surface area contributed by atoms with Crippen LogP contribution in [0.2, 0.25) is 0 Å². The second-order valence-corrected chi connectivity index (χ2v) is 7.59. The van der Waals surface area contributed by atoms with Gasteiger partial charge >= 0.3 is 5.97 Å². The molecule has 0 unspecified atom stereocenters. The van der Waals surface area contributed by atoms with E-state index in [0.717, 1.165) is 21.3 Å². The molecule has 1 atom stereocenters. The molecule has 1 aliphatic heterocycles. The number of halogens is 1. The number of aryl methyl sites for hydroxylation is 1. The van der Waals surface area contributed by atoms with E-state index in [1.165, 1.54) is 10.6 Å². The van der Waals surface area contributed by atoms with Gasteiger partial charge in [-0.05, 0) is 36.6 Å². The average molecular weight is 429 g/mol. The summed E-state index contributed by atoms with van der Waals surface area (Å²) in [5, 5.41) is 14.9. The first kappa shape index (κ1) is 19.3. The zero-order valence-electron chi connectivity index (χ0n) is 15.1. The van der Waals surface area contributed by atoms with Gasteiger partial charge in [0.2, 0.25) is 5.91 Å². The summed E-state index contributed by atoms with van der Waals surface area (Å²) in [5.41, 5.74) is 4.05. The number of amides is 1. The SMILES string of the molecule is Cc1ccc(C2=NN(C(=O)CCCC(=O)O)[C@H](c3ccc(Br)cc3)C2)cc1. The normalized spacial score (nSPS) is 16.3. The van der Waals surface area contributed by atoms with Gasteiger partial charge in [0, 0.05) is 23.7 Å². The summed E-state index contributed by atoms with van der Waals surface area (Å²) in [6, 6.07) is 15.8. The van der Waals surface area contributed by atoms with Gasteiger partial charge in [0.1, 0.15) is 0 Å². The van der Waals surface area contributed by atoms with E-state index < -0.39 is 5.97 Å². The number of hydrogen-bond donors (Lipinski definition) is 1. The molecule has 140 valence electrons. The van der Waals surface area contributed by atoms with E-state index in [4.69, 9.17) is 5.11 Å². The number of hydrazone groups is 1. The number of carboxylic acids is 1. The van der Waals surface area contributed by atoms with E-state index in [9.17, 15) is 9.59 Å². The number of carboxylic acid groups (broad SMARTS) is 1. The minimum Gasteiger partial charge on any atom is -0.481 e. The molecule has 0 fully saturated rings. The molecule has 0 bridgehead atoms. The van der Waals surface area contributed by atoms with Crippen LogP contribution in [0.15, 0.2) is 58.1 Å². The number of aliphatic carboxylic acids is 1. The van der Waals surface area contributed by atoms with Crippen LogP contribution in [-0.4, -0.2) is 27.7 Å². The van der Waals surface area contributed by atoms with Gasteiger partial charge < -0.3 is 5.11 Å². The van der Waals surface area contributed by atoms with Crippen molar-refractivity contribution in [3.05, 3.63) is 69.7 Å². The lowest BCUT2D eigenvalue weighted by Gasteiger charge is -2.22. The second-order valence-electron chi connectivity index (χ2n) is 6.67. The first-order chi connectivity index (χ1) is 12.9. The average Bonchev–Trinajstić information content (AvgIpc) is 3.08. The van der Waals surface area contributed by atoms with Crippen LogP contribution in [0.3, 0.4) is 0 Å². The molecule has 5 nitrogen and oxygen atoms in total. The Morgan fingerprint density at radius 1 is 1.11 bits per heavy atom. The highest BCUT2D eigenvalue weighted by atomic mass is 79.9. The molecule has 0 saturated heterocycles. The molecule has 0 radical (unpaired) electrons. The van der Waals surface area contributed by atoms with Gasteiger partial charge in [-0.3, -0.25) is 9.59 Å². The van der Waals surface area contributed by atoms with Gasteiger partial charge in [-0.25, -0.2) is 5.01 Å². The first-order valence-electron chi connectivity index (χ1n) is 8.88. The van der Waals surface area contributed by atoms with Gasteiger partial charge in [-0.1, -0.05) is 57.9 Å². The molecule has 0 saturated carbocycles. The van der Waals surface area contributed by atoms with Gasteiger partial charge in [0.15, 0.2) is 0 Å². The fourth-order valence-corrected chi connectivity index (χ4v) is 3.37. The maximum atomic E-state index is 12.7. The standard InChI is InChI=1S/C21H21BrN2O3/c1-14-5-7-15(8-6-14)18-13-19(16-9-11-17(22)12-10-16)24(23-18)20(25)3-2-4-21(26)27/h5-12,19H,2-4,13H2,1H3,(H,26,27)/t19-/m0/s1. The van der Waals surface area contributed by atoms with Crippen molar-refractivity contribution < 1.29 is 14.7 Å². The van der Waals surface area contributed by atoms with Gasteiger partial charge in [-0.2, -0.15) is 5.10 Å². The van der Waals surface area contributed by atoms with Crippen molar-refractivity contribution in [2.24, 2.45) is 5.10 Å². The Labute approximate surface area is 166 Å². The van der Waals surface area contributed by atoms with Crippen molar-refractivity contribution in [1.82, 2.24) is 5.01 Å². The van der Waals surface area contributed by atoms with E-state index in [-0.39, 0.29) is 24.8 Å². The van der Waals surface area contributed by atoms with Crippen LogP contribution in [0.5, 0.6) is 0 Å². The molecule has 0 spiro atoms. The van der Waals surface area contributed by atoms with Crippen LogP contribution in [0.1, 0.15) is 48.4 Å². The van der Waals surface area contributed by atoms with Crippen molar-refractivity contribution in [2.45, 2.75) is 38.6 Å². The Balaban J connectivity index is 1.85. The highest BCUT2D eigenvalue weighted by Gasteiger charge is 2.32. The molecule has 1 amide bonds. The smallest absolute Gasteiger partial charge is 0.303 e. The molecular formula is C21H21BrN2O3. The number of rotatable bonds is 6. The van der Waals surface area contributed by atoms with E-state index in [1.807, 2.05) is 55.5 Å². The molecule has 0 aliphatic carbocycles. The van der Waals surface area contributed by atoms with Crippen molar-refractivity contribution >= 4 is 33.5 Å². The summed E-state index contributed by atoms with van der Waals surface area (Å²) < 4.78 is 0.975. The summed E-state index contributed by atoms with van der Waals surface area (Å²) in [7, 11) is 0. The largest absolute Gasteiger partial charge is 0.481 e. The van der Waals surface area contributed by atoms with Crippen LogP contribution in [0.4, 0.5) is 0 Å². The van der Waals surface area contributed by atoms with Crippen LogP contribution >= 0.6 is 15.9 Å². The van der Waals surface area contributed by atoms with Crippen LogP contribution in [-0.2, 0) is 9.59 Å². The number of carbonyl (C=O) groups excluding carboxylic acids is 1. The lowest BCUT2D eigenvalue weighted by Crippen LogP contribution is -2.27. The maximum absolute atomic E-state index is 12.7. The molecule has 0 aromatic heterocycles. The molecule has 1 N–H and O–H groups in total. The Kier molecular flexibility index (Phi) is 6.06. The third-order valence-electron chi connectivity index (χ3n) is 4.59. The number of carbonyl (C=O) groups is 2. The molecule has 1 aliphatic rings. The monoisotopic (exact) mass is 428 g/mol. The predicted octanol–water partition coefficient (Wildman–Crippen LogP) is 4.69. The number of hydrogen-bond acceptors (Lipinski definition) is 3. The highest BCUT2D eigenvalue weighted by molar-refractivity contribution is 9.10. The van der Waals surface area contributed by atoms with Crippen molar-refractivity contribution in [1.29, 1.82) is 0 Å². The molecule has 2 aromatic carbocycles. The van der Waals surface area contributed by atoms with Crippen molar-refractivity contribution in [3.63, 3.8) is 0 Å². The summed E-state index contributed by atoms with van der Waals surface area (Å²) >= 11 is 3.44. The van der Waals surface area contributed by atoms with Crippen LogP contribution < -0.4 is 0 Å². The molecule has 6 heteroatoms. The van der Waals surface area contributed by atoms with E-state index in [1.54, 1.807) is 0 Å². The van der Waals surface area contributed by atoms with Gasteiger partial charge in [-0.15, -0.1) is 0 Å². The highest BCUT2D eigenvalue weighted by Crippen LogP contribution is 2.34. The fourth-order valence-electron chi connectivity index (χ4n) is 3.11. The maximum Gasteiger partial charge on any atom is 0.303 e. The van der Waals surface area contributed by atoms with E-state index >= 15 is 0 Å². The summed E-state index contributed by atoms with van der Waals surface area (Å²) in [6.07, 6.45) is 1.10. The lowest BCUT2D eigenvalue weighted by molar-refractivity contribution is -0.137. The summed E-state index contributed by atoms with van der Waals surface area (Å²) in [5.74, 6) is -1.04. The third kappa shape index (κ3) is 4.83. The Morgan fingerprint density at radius 3 is 2.41 bits per heavy atom. The first-order valence-corrected chi connectivity index (χ1v) is 9.67. The van der Waals surface area contributed by atoms with E-state index in [0.29, 0.717) is 12.8 Å². The Morgan fingerprint density at radius 2 is 1.78 bits per heavy atom. The molecule has 1 heterocycles. The predicted molar refractivity (Wildman–Crippen MR) is 108 cm³/mol. The molecule has 27 heavy (non-hydrogen) atoms. The van der Waals surface area contributed by atoms with Gasteiger partial charge in [0.05, 0.1) is 11.8 Å². The Hall–Kier alpha value is -2.47. The lowest BCUT2D eigenvalue weighted by atomic mass is 9.98. The van der Waals surface area contributed by atoms with Crippen molar-refractivity contribution in [2.75, 3.05) is 0 Å². The van der Waals surface area contributed by atoms with Crippen molar-refractivity contribution in [3.8, 4) is 0 Å². The van der Waals surface area contributed by atoms with E-state index in [2.05, 4.69) is 21.0 Å². The Bertz CT molecular complexity index is 860. The minimum absolute atomic E-state index is 0.0168. The number of nitrogens with zero attached hydrogens (tertiary/aromatic N) is 2. The topological polar surface area (TPSA) is 70.0 Å². The minimum atomic E-state index is -0.891. The zero-order valence-corrected chi connectivity index (χ0v) is 16.6. The summed E-state index contributed by atoms with van der Waals surface area (Å²) in [6.45, 7) is 2.03. The number of benzene rings is 2. The second kappa shape index (κ2) is 8.48. The fraction of sp³-hybridized carbons (Fsp3) is 0.286. The molecule has 3 rings (SSSR count). The van der Waals surface area contributed by atoms with Gasteiger partial charge in [0.25, 0.3) is 0 Å². The molecule has 2 aromatic rings. The van der Waals surface area contributed by atoms with Crippen LogP contribution in [0, 0.1) is 6.92 Å².